The van der Waals surface area contributed by atoms with Gasteiger partial charge in [0, 0.05) is 17.9 Å². The molecule has 6 nitrogen and oxygen atoms in total. The molecule has 0 spiro atoms. The lowest BCUT2D eigenvalue weighted by Crippen LogP contribution is -2.38. The molecule has 1 atom stereocenters. The summed E-state index contributed by atoms with van der Waals surface area (Å²) in [6.07, 6.45) is 2.78. The fourth-order valence-electron chi connectivity index (χ4n) is 1.99. The maximum Gasteiger partial charge on any atom is 0.411 e. The first-order chi connectivity index (χ1) is 11.1. The average molecular weight is 321 g/mol. The van der Waals surface area contributed by atoms with Gasteiger partial charge >= 0.3 is 6.09 Å². The largest absolute Gasteiger partial charge is 0.450 e. The van der Waals surface area contributed by atoms with Gasteiger partial charge in [-0.15, -0.1) is 0 Å². The lowest BCUT2D eigenvalue weighted by Gasteiger charge is -2.15. The van der Waals surface area contributed by atoms with Crippen LogP contribution in [-0.4, -0.2) is 31.2 Å². The number of hydrogen-bond donors (Lipinski definition) is 3. The van der Waals surface area contributed by atoms with Gasteiger partial charge in [-0.05, 0) is 44.5 Å². The van der Waals surface area contributed by atoms with E-state index in [0.29, 0.717) is 18.8 Å². The van der Waals surface area contributed by atoms with Gasteiger partial charge in [-0.3, -0.25) is 10.1 Å². The Morgan fingerprint density at radius 2 is 1.74 bits per heavy atom. The Morgan fingerprint density at radius 3 is 2.35 bits per heavy atom. The average Bonchev–Trinajstić information content (AvgIpc) is 2.53. The van der Waals surface area contributed by atoms with E-state index in [1.807, 2.05) is 19.1 Å². The second kappa shape index (κ2) is 10.5. The molecule has 6 heteroatoms. The second-order valence-electron chi connectivity index (χ2n) is 5.29. The molecular weight excluding hydrogens is 294 g/mol. The van der Waals surface area contributed by atoms with E-state index in [1.165, 1.54) is 0 Å². The summed E-state index contributed by atoms with van der Waals surface area (Å²) in [6, 6.07) is 6.81. The van der Waals surface area contributed by atoms with Gasteiger partial charge < -0.3 is 15.4 Å². The molecule has 3 N–H and O–H groups in total. The minimum Gasteiger partial charge on any atom is -0.450 e. The van der Waals surface area contributed by atoms with Crippen LogP contribution in [-0.2, 0) is 9.53 Å². The Hall–Kier alpha value is -2.24. The van der Waals surface area contributed by atoms with Crippen molar-refractivity contribution in [1.82, 2.24) is 5.32 Å². The third kappa shape index (κ3) is 7.54. The molecule has 0 saturated heterocycles. The fraction of sp³-hybridized carbons (Fsp3) is 0.529. The molecule has 1 aromatic rings. The number of rotatable bonds is 9. The molecule has 1 aromatic carbocycles. The van der Waals surface area contributed by atoms with Crippen LogP contribution in [0.1, 0.15) is 40.0 Å². The highest BCUT2D eigenvalue weighted by atomic mass is 16.5. The summed E-state index contributed by atoms with van der Waals surface area (Å²) >= 11 is 0. The van der Waals surface area contributed by atoms with E-state index in [1.54, 1.807) is 19.1 Å². The smallest absolute Gasteiger partial charge is 0.411 e. The van der Waals surface area contributed by atoms with Crippen molar-refractivity contribution in [3.05, 3.63) is 24.3 Å². The van der Waals surface area contributed by atoms with Crippen LogP contribution in [0.15, 0.2) is 24.3 Å². The normalized spacial score (nSPS) is 11.4. The summed E-state index contributed by atoms with van der Waals surface area (Å²) in [5.74, 6) is -0.0187. The molecule has 0 radical (unpaired) electrons. The van der Waals surface area contributed by atoms with Crippen LogP contribution in [0, 0.1) is 0 Å². The summed E-state index contributed by atoms with van der Waals surface area (Å²) in [6.45, 7) is 6.74. The van der Waals surface area contributed by atoms with Crippen molar-refractivity contribution >= 4 is 23.4 Å². The molecule has 1 unspecified atom stereocenters. The van der Waals surface area contributed by atoms with Gasteiger partial charge in [0.2, 0.25) is 5.91 Å². The molecule has 0 aromatic heterocycles. The Kier molecular flexibility index (Phi) is 8.57. The van der Waals surface area contributed by atoms with Gasteiger partial charge in [-0.2, -0.15) is 0 Å². The molecule has 0 aliphatic rings. The molecular formula is C17H27N3O3. The molecule has 0 saturated carbocycles. The van der Waals surface area contributed by atoms with Crippen LogP contribution in [0.25, 0.3) is 0 Å². The summed E-state index contributed by atoms with van der Waals surface area (Å²) in [5, 5.41) is 8.66. The zero-order chi connectivity index (χ0) is 17.1. The highest BCUT2D eigenvalue weighted by molar-refractivity contribution is 5.86. The van der Waals surface area contributed by atoms with Crippen molar-refractivity contribution in [2.24, 2.45) is 0 Å². The summed E-state index contributed by atoms with van der Waals surface area (Å²) in [4.78, 5) is 23.3. The van der Waals surface area contributed by atoms with E-state index in [4.69, 9.17) is 4.74 Å². The van der Waals surface area contributed by atoms with Crippen molar-refractivity contribution in [1.29, 1.82) is 0 Å². The summed E-state index contributed by atoms with van der Waals surface area (Å²) in [5.41, 5.74) is 1.46. The van der Waals surface area contributed by atoms with Crippen LogP contribution in [0.3, 0.4) is 0 Å². The minimum atomic E-state index is -0.479. The number of anilines is 2. The van der Waals surface area contributed by atoms with E-state index in [-0.39, 0.29) is 11.9 Å². The predicted octanol–water partition coefficient (Wildman–Crippen LogP) is 3.36. The number of carbonyl (C=O) groups is 2. The number of hydrogen-bond acceptors (Lipinski definition) is 4. The Bertz CT molecular complexity index is 488. The van der Waals surface area contributed by atoms with E-state index < -0.39 is 6.09 Å². The molecule has 0 aliphatic heterocycles. The molecule has 23 heavy (non-hydrogen) atoms. The summed E-state index contributed by atoms with van der Waals surface area (Å²) < 4.78 is 4.81. The monoisotopic (exact) mass is 321 g/mol. The highest BCUT2D eigenvalue weighted by Gasteiger charge is 2.11. The van der Waals surface area contributed by atoms with Crippen molar-refractivity contribution in [2.45, 2.75) is 46.1 Å². The standard InChI is InChI=1S/C17H27N3O3/c1-4-6-7-12-18-16(21)13(3)19-14-8-10-15(11-9-14)20-17(22)23-5-2/h8-11,13,19H,4-7,12H2,1-3H3,(H,18,21)(H,20,22). The van der Waals surface area contributed by atoms with Gasteiger partial charge in [0.1, 0.15) is 6.04 Å². The molecule has 0 heterocycles. The molecule has 0 fully saturated rings. The Labute approximate surface area is 138 Å². The van der Waals surface area contributed by atoms with Crippen LogP contribution < -0.4 is 16.0 Å². The SMILES string of the molecule is CCCCCNC(=O)C(C)Nc1ccc(NC(=O)OCC)cc1. The third-order valence-corrected chi connectivity index (χ3v) is 3.26. The van der Waals surface area contributed by atoms with E-state index in [2.05, 4.69) is 22.9 Å². The van der Waals surface area contributed by atoms with Crippen molar-refractivity contribution in [3.8, 4) is 0 Å². The van der Waals surface area contributed by atoms with Crippen LogP contribution in [0.5, 0.6) is 0 Å². The molecule has 1 rings (SSSR count). The van der Waals surface area contributed by atoms with Crippen molar-refractivity contribution in [2.75, 3.05) is 23.8 Å². The lowest BCUT2D eigenvalue weighted by atomic mass is 10.2. The Morgan fingerprint density at radius 1 is 1.09 bits per heavy atom. The second-order valence-corrected chi connectivity index (χ2v) is 5.29. The molecule has 128 valence electrons. The van der Waals surface area contributed by atoms with E-state index >= 15 is 0 Å². The van der Waals surface area contributed by atoms with Crippen LogP contribution in [0.2, 0.25) is 0 Å². The van der Waals surface area contributed by atoms with Crippen molar-refractivity contribution < 1.29 is 14.3 Å². The van der Waals surface area contributed by atoms with Gasteiger partial charge in [0.25, 0.3) is 0 Å². The first kappa shape index (κ1) is 18.8. The topological polar surface area (TPSA) is 79.5 Å². The Balaban J connectivity index is 2.41. The number of carbonyl (C=O) groups excluding carboxylic acids is 2. The van der Waals surface area contributed by atoms with Crippen LogP contribution in [0.4, 0.5) is 16.2 Å². The van der Waals surface area contributed by atoms with Gasteiger partial charge in [-0.25, -0.2) is 4.79 Å². The number of ether oxygens (including phenoxy) is 1. The first-order valence-electron chi connectivity index (χ1n) is 8.14. The maximum atomic E-state index is 11.9. The van der Waals surface area contributed by atoms with Crippen molar-refractivity contribution in [3.63, 3.8) is 0 Å². The number of amides is 2. The third-order valence-electron chi connectivity index (χ3n) is 3.26. The van der Waals surface area contributed by atoms with E-state index in [0.717, 1.165) is 24.9 Å². The molecule has 0 bridgehead atoms. The first-order valence-corrected chi connectivity index (χ1v) is 8.14. The minimum absolute atomic E-state index is 0.0187. The molecule has 2 amide bonds. The van der Waals surface area contributed by atoms with Gasteiger partial charge in [0.05, 0.1) is 6.61 Å². The predicted molar refractivity (Wildman–Crippen MR) is 92.7 cm³/mol. The number of benzene rings is 1. The quantitative estimate of drug-likeness (QED) is 0.609. The fourth-order valence-corrected chi connectivity index (χ4v) is 1.99. The number of nitrogens with one attached hydrogen (secondary N) is 3. The zero-order valence-electron chi connectivity index (χ0n) is 14.1. The van der Waals surface area contributed by atoms with Crippen LogP contribution >= 0.6 is 0 Å². The number of unbranched alkanes of at least 4 members (excludes halogenated alkanes) is 2. The zero-order valence-corrected chi connectivity index (χ0v) is 14.1. The molecule has 0 aliphatic carbocycles. The van der Waals surface area contributed by atoms with Gasteiger partial charge in [-0.1, -0.05) is 19.8 Å². The van der Waals surface area contributed by atoms with Gasteiger partial charge in [0.15, 0.2) is 0 Å². The maximum absolute atomic E-state index is 11.9. The van der Waals surface area contributed by atoms with E-state index in [9.17, 15) is 9.59 Å². The lowest BCUT2D eigenvalue weighted by molar-refractivity contribution is -0.121. The highest BCUT2D eigenvalue weighted by Crippen LogP contribution is 2.14. The summed E-state index contributed by atoms with van der Waals surface area (Å²) in [7, 11) is 0.